The highest BCUT2D eigenvalue weighted by molar-refractivity contribution is 6.14. The first-order valence-electron chi connectivity index (χ1n) is 9.28. The van der Waals surface area contributed by atoms with Crippen molar-refractivity contribution in [2.24, 2.45) is 7.05 Å². The summed E-state index contributed by atoms with van der Waals surface area (Å²) in [7, 11) is 2.05. The number of aryl methyl sites for hydroxylation is 3. The van der Waals surface area contributed by atoms with Crippen LogP contribution in [0.4, 0.5) is 0 Å². The lowest BCUT2D eigenvalue weighted by atomic mass is 9.90. The number of hydrogen-bond donors (Lipinski definition) is 0. The summed E-state index contributed by atoms with van der Waals surface area (Å²) in [5, 5.41) is 11.8. The molecule has 3 nitrogen and oxygen atoms in total. The van der Waals surface area contributed by atoms with Gasteiger partial charge in [0.05, 0.1) is 11.1 Å². The molecular formula is C24H23N2O+. The zero-order valence-electron chi connectivity index (χ0n) is 16.4. The van der Waals surface area contributed by atoms with E-state index in [2.05, 4.69) is 50.5 Å². The topological polar surface area (TPSA) is 40.8 Å². The summed E-state index contributed by atoms with van der Waals surface area (Å²) in [4.78, 5) is 0. The number of fused-ring (bicyclic) bond motifs is 3. The van der Waals surface area contributed by atoms with Gasteiger partial charge in [0.2, 0.25) is 5.69 Å². The zero-order valence-corrected chi connectivity index (χ0v) is 16.4. The van der Waals surface area contributed by atoms with E-state index >= 15 is 0 Å². The average Bonchev–Trinajstić information content (AvgIpc) is 3.03. The molecule has 0 radical (unpaired) electrons. The van der Waals surface area contributed by atoms with Gasteiger partial charge >= 0.3 is 0 Å². The summed E-state index contributed by atoms with van der Waals surface area (Å²) in [5.74, 6) is 0.357. The fraction of sp³-hybridized carbons (Fsp3) is 0.250. The molecule has 0 saturated heterocycles. The molecule has 2 aromatic heterocycles. The van der Waals surface area contributed by atoms with E-state index < -0.39 is 0 Å². The van der Waals surface area contributed by atoms with Crippen LogP contribution < -0.4 is 4.57 Å². The molecule has 0 aliphatic carbocycles. The summed E-state index contributed by atoms with van der Waals surface area (Å²) in [6.07, 6.45) is 2.05. The van der Waals surface area contributed by atoms with Gasteiger partial charge in [0.15, 0.2) is 11.8 Å². The van der Waals surface area contributed by atoms with Gasteiger partial charge in [-0.25, -0.2) is 4.57 Å². The van der Waals surface area contributed by atoms with Gasteiger partial charge in [0.25, 0.3) is 0 Å². The third-order valence-electron chi connectivity index (χ3n) is 5.38. The lowest BCUT2D eigenvalue weighted by molar-refractivity contribution is -0.660. The van der Waals surface area contributed by atoms with E-state index in [-0.39, 0.29) is 0 Å². The number of furan rings is 1. The maximum atomic E-state index is 9.60. The minimum atomic E-state index is 0.357. The fourth-order valence-electron chi connectivity index (χ4n) is 4.02. The van der Waals surface area contributed by atoms with Crippen molar-refractivity contribution in [2.45, 2.75) is 33.6 Å². The highest BCUT2D eigenvalue weighted by Crippen LogP contribution is 2.43. The van der Waals surface area contributed by atoms with E-state index in [0.717, 1.165) is 33.2 Å². The van der Waals surface area contributed by atoms with Crippen molar-refractivity contribution >= 4 is 21.9 Å². The molecular weight excluding hydrogens is 332 g/mol. The summed E-state index contributed by atoms with van der Waals surface area (Å²) in [5.41, 5.74) is 7.94. The molecule has 0 aliphatic rings. The molecule has 0 amide bonds. The lowest BCUT2D eigenvalue weighted by Crippen LogP contribution is -2.30. The largest absolute Gasteiger partial charge is 0.454 e. The third kappa shape index (κ3) is 2.52. The summed E-state index contributed by atoms with van der Waals surface area (Å²) in [6, 6.07) is 14.6. The molecule has 3 heteroatoms. The van der Waals surface area contributed by atoms with Crippen molar-refractivity contribution in [3.05, 3.63) is 64.8 Å². The normalized spacial score (nSPS) is 11.4. The van der Waals surface area contributed by atoms with Crippen molar-refractivity contribution < 1.29 is 8.98 Å². The van der Waals surface area contributed by atoms with Gasteiger partial charge in [-0.15, -0.1) is 0 Å². The second-order valence-electron chi connectivity index (χ2n) is 7.56. The second-order valence-corrected chi connectivity index (χ2v) is 7.56. The molecule has 0 spiro atoms. The number of hydrogen-bond acceptors (Lipinski definition) is 2. The standard InChI is InChI=1S/C24H23N2O/c1-14(2)18-12-16(4)20(19-8-6-7-11-26(19)5)24-22(18)21-15(3)9-10-17(13-25)23(21)27-24/h6-12,14H,1-5H3/q+1. The Morgan fingerprint density at radius 1 is 1.00 bits per heavy atom. The molecule has 27 heavy (non-hydrogen) atoms. The Morgan fingerprint density at radius 3 is 2.44 bits per heavy atom. The van der Waals surface area contributed by atoms with Crippen LogP contribution in [0.2, 0.25) is 0 Å². The maximum Gasteiger partial charge on any atom is 0.216 e. The molecule has 0 saturated carbocycles. The predicted molar refractivity (Wildman–Crippen MR) is 109 cm³/mol. The Hall–Kier alpha value is -3.12. The number of pyridine rings is 1. The number of benzene rings is 2. The van der Waals surface area contributed by atoms with Crippen LogP contribution in [0, 0.1) is 25.2 Å². The minimum Gasteiger partial charge on any atom is -0.454 e. The highest BCUT2D eigenvalue weighted by atomic mass is 16.3. The number of rotatable bonds is 2. The van der Waals surface area contributed by atoms with Gasteiger partial charge in [-0.1, -0.05) is 26.0 Å². The smallest absolute Gasteiger partial charge is 0.216 e. The van der Waals surface area contributed by atoms with Crippen molar-refractivity contribution in [3.8, 4) is 17.3 Å². The first-order valence-corrected chi connectivity index (χ1v) is 9.28. The summed E-state index contributed by atoms with van der Waals surface area (Å²) in [6.45, 7) is 8.64. The fourth-order valence-corrected chi connectivity index (χ4v) is 4.02. The van der Waals surface area contributed by atoms with Gasteiger partial charge in [0, 0.05) is 22.9 Å². The molecule has 0 N–H and O–H groups in total. The average molecular weight is 355 g/mol. The maximum absolute atomic E-state index is 9.60. The first kappa shape index (κ1) is 17.3. The molecule has 0 bridgehead atoms. The van der Waals surface area contributed by atoms with E-state index in [1.807, 2.05) is 37.5 Å². The van der Waals surface area contributed by atoms with Crippen LogP contribution >= 0.6 is 0 Å². The molecule has 0 unspecified atom stereocenters. The van der Waals surface area contributed by atoms with Crippen molar-refractivity contribution in [1.82, 2.24) is 0 Å². The number of nitriles is 1. The van der Waals surface area contributed by atoms with E-state index in [1.54, 1.807) is 0 Å². The summed E-state index contributed by atoms with van der Waals surface area (Å²) < 4.78 is 8.54. The van der Waals surface area contributed by atoms with Crippen molar-refractivity contribution in [2.75, 3.05) is 0 Å². The lowest BCUT2D eigenvalue weighted by Gasteiger charge is -2.13. The molecule has 4 rings (SSSR count). The quantitative estimate of drug-likeness (QED) is 0.433. The highest BCUT2D eigenvalue weighted by Gasteiger charge is 2.25. The molecule has 0 fully saturated rings. The molecule has 0 aliphatic heterocycles. The Kier molecular flexibility index (Phi) is 4.00. The van der Waals surface area contributed by atoms with Gasteiger partial charge in [-0.3, -0.25) is 0 Å². The monoisotopic (exact) mass is 355 g/mol. The second kappa shape index (κ2) is 6.25. The van der Waals surface area contributed by atoms with Crippen molar-refractivity contribution in [3.63, 3.8) is 0 Å². The van der Waals surface area contributed by atoms with E-state index in [0.29, 0.717) is 17.1 Å². The Labute approximate surface area is 159 Å². The van der Waals surface area contributed by atoms with Crippen LogP contribution in [0.15, 0.2) is 47.0 Å². The molecule has 134 valence electrons. The van der Waals surface area contributed by atoms with E-state index in [1.165, 1.54) is 11.1 Å². The van der Waals surface area contributed by atoms with Crippen LogP contribution in [-0.2, 0) is 7.05 Å². The first-order chi connectivity index (χ1) is 12.9. The van der Waals surface area contributed by atoms with Crippen LogP contribution in [0.5, 0.6) is 0 Å². The molecule has 0 atom stereocenters. The minimum absolute atomic E-state index is 0.357. The zero-order chi connectivity index (χ0) is 19.3. The molecule has 2 heterocycles. The van der Waals surface area contributed by atoms with Crippen molar-refractivity contribution in [1.29, 1.82) is 5.26 Å². The van der Waals surface area contributed by atoms with Gasteiger partial charge < -0.3 is 4.42 Å². The molecule has 2 aromatic carbocycles. The number of nitrogens with zero attached hydrogens (tertiary/aromatic N) is 2. The Bertz CT molecular complexity index is 1240. The van der Waals surface area contributed by atoms with E-state index in [4.69, 9.17) is 4.42 Å². The van der Waals surface area contributed by atoms with Gasteiger partial charge in [-0.05, 0) is 48.6 Å². The SMILES string of the molecule is Cc1cc(C(C)C)c2c(oc3c(C#N)ccc(C)c32)c1-c1cccc[n+]1C. The third-order valence-corrected chi connectivity index (χ3v) is 5.38. The van der Waals surface area contributed by atoms with Crippen LogP contribution in [0.3, 0.4) is 0 Å². The Balaban J connectivity index is 2.29. The van der Waals surface area contributed by atoms with Gasteiger partial charge in [0.1, 0.15) is 18.7 Å². The van der Waals surface area contributed by atoms with Crippen LogP contribution in [-0.4, -0.2) is 0 Å². The number of aromatic nitrogens is 1. The summed E-state index contributed by atoms with van der Waals surface area (Å²) >= 11 is 0. The Morgan fingerprint density at radius 2 is 1.78 bits per heavy atom. The van der Waals surface area contributed by atoms with Gasteiger partial charge in [-0.2, -0.15) is 5.26 Å². The predicted octanol–water partition coefficient (Wildman–Crippen LogP) is 5.69. The van der Waals surface area contributed by atoms with Crippen LogP contribution in [0.25, 0.3) is 33.2 Å². The molecule has 4 aromatic rings. The van der Waals surface area contributed by atoms with E-state index in [9.17, 15) is 5.26 Å². The van der Waals surface area contributed by atoms with Crippen LogP contribution in [0.1, 0.15) is 42.0 Å².